The number of benzene rings is 1. The zero-order valence-electron chi connectivity index (χ0n) is 14.4. The fourth-order valence-corrected chi connectivity index (χ4v) is 4.90. The maximum Gasteiger partial charge on any atom is 0.244 e. The van der Waals surface area contributed by atoms with Gasteiger partial charge in [0.1, 0.15) is 10.6 Å². The average Bonchev–Trinajstić information content (AvgIpc) is 2.83. The summed E-state index contributed by atoms with van der Waals surface area (Å²) in [5, 5.41) is 4.39. The van der Waals surface area contributed by atoms with E-state index in [1.165, 1.54) is 0 Å². The number of nitrogens with one attached hydrogen (secondary N) is 1. The second-order valence-electron chi connectivity index (χ2n) is 6.39. The maximum absolute atomic E-state index is 13.0. The van der Waals surface area contributed by atoms with Gasteiger partial charge in [0.2, 0.25) is 10.0 Å². The van der Waals surface area contributed by atoms with Crippen LogP contribution >= 0.6 is 0 Å². The molecule has 6 nitrogen and oxygen atoms in total. The van der Waals surface area contributed by atoms with E-state index >= 15 is 0 Å². The molecule has 1 aromatic carbocycles. The van der Waals surface area contributed by atoms with Gasteiger partial charge in [0.05, 0.1) is 24.0 Å². The summed E-state index contributed by atoms with van der Waals surface area (Å²) in [6.07, 6.45) is 0.604. The molecule has 0 saturated carbocycles. The third-order valence-electron chi connectivity index (χ3n) is 4.27. The van der Waals surface area contributed by atoms with Crippen molar-refractivity contribution in [3.63, 3.8) is 0 Å². The summed E-state index contributed by atoms with van der Waals surface area (Å²) >= 11 is 0. The average molecular weight is 349 g/mol. The number of ether oxygens (including phenoxy) is 1. The molecule has 0 amide bonds. The quantitative estimate of drug-likeness (QED) is 0.921. The van der Waals surface area contributed by atoms with Crippen molar-refractivity contribution in [1.29, 1.82) is 0 Å². The van der Waals surface area contributed by atoms with Crippen LogP contribution in [0.2, 0.25) is 0 Å². The molecule has 1 aliphatic heterocycles. The summed E-state index contributed by atoms with van der Waals surface area (Å²) in [6.45, 7) is 7.99. The van der Waals surface area contributed by atoms with E-state index in [1.54, 1.807) is 18.5 Å². The molecule has 1 atom stereocenters. The van der Waals surface area contributed by atoms with E-state index < -0.39 is 10.0 Å². The monoisotopic (exact) mass is 349 g/mol. The fraction of sp³-hybridized carbons (Fsp3) is 0.471. The van der Waals surface area contributed by atoms with Crippen molar-refractivity contribution in [2.45, 2.75) is 51.1 Å². The summed E-state index contributed by atoms with van der Waals surface area (Å²) in [6, 6.07) is 7.36. The van der Waals surface area contributed by atoms with Gasteiger partial charge in [0.25, 0.3) is 0 Å². The van der Waals surface area contributed by atoms with Crippen LogP contribution in [-0.2, 0) is 10.0 Å². The van der Waals surface area contributed by atoms with E-state index in [2.05, 4.69) is 9.82 Å². The van der Waals surface area contributed by atoms with Crippen molar-refractivity contribution in [1.82, 2.24) is 14.5 Å². The summed E-state index contributed by atoms with van der Waals surface area (Å²) < 4.78 is 36.2. The van der Waals surface area contributed by atoms with Crippen LogP contribution < -0.4 is 9.46 Å². The van der Waals surface area contributed by atoms with Gasteiger partial charge in [0, 0.05) is 18.0 Å². The van der Waals surface area contributed by atoms with Crippen molar-refractivity contribution < 1.29 is 13.2 Å². The first-order chi connectivity index (χ1) is 11.3. The number of aryl methyl sites for hydroxylation is 1. The van der Waals surface area contributed by atoms with Crippen LogP contribution in [0.3, 0.4) is 0 Å². The van der Waals surface area contributed by atoms with Crippen molar-refractivity contribution in [3.8, 4) is 5.75 Å². The molecular formula is C17H23N3O3S. The Morgan fingerprint density at radius 2 is 2.00 bits per heavy atom. The molecule has 1 N–H and O–H groups in total. The number of aromatic nitrogens is 2. The fourth-order valence-electron chi connectivity index (χ4n) is 3.25. The molecule has 2 aromatic rings. The lowest BCUT2D eigenvalue weighted by atomic mass is 10.0. The lowest BCUT2D eigenvalue weighted by molar-refractivity contribution is 0.263. The van der Waals surface area contributed by atoms with Crippen LogP contribution in [0, 0.1) is 13.8 Å². The molecule has 0 saturated heterocycles. The van der Waals surface area contributed by atoms with E-state index in [9.17, 15) is 8.42 Å². The van der Waals surface area contributed by atoms with Gasteiger partial charge in [-0.2, -0.15) is 5.10 Å². The first kappa shape index (κ1) is 17.0. The van der Waals surface area contributed by atoms with E-state index in [0.29, 0.717) is 24.4 Å². The Labute approximate surface area is 142 Å². The van der Waals surface area contributed by atoms with E-state index in [-0.39, 0.29) is 17.0 Å². The summed E-state index contributed by atoms with van der Waals surface area (Å²) in [4.78, 5) is 0.278. The highest BCUT2D eigenvalue weighted by atomic mass is 32.2. The number of rotatable bonds is 4. The van der Waals surface area contributed by atoms with E-state index in [0.717, 1.165) is 11.3 Å². The molecule has 0 spiro atoms. The number of para-hydroxylation sites is 1. The van der Waals surface area contributed by atoms with Crippen LogP contribution in [0.4, 0.5) is 0 Å². The Morgan fingerprint density at radius 1 is 1.29 bits per heavy atom. The lowest BCUT2D eigenvalue weighted by Crippen LogP contribution is -2.32. The molecule has 2 heterocycles. The Kier molecular flexibility index (Phi) is 4.40. The minimum Gasteiger partial charge on any atom is -0.493 e. The molecular weight excluding hydrogens is 326 g/mol. The second kappa shape index (κ2) is 6.22. The molecule has 3 rings (SSSR count). The predicted molar refractivity (Wildman–Crippen MR) is 91.7 cm³/mol. The summed E-state index contributed by atoms with van der Waals surface area (Å²) in [5.74, 6) is 0.739. The van der Waals surface area contributed by atoms with Crippen LogP contribution in [-0.4, -0.2) is 24.8 Å². The molecule has 0 radical (unpaired) electrons. The van der Waals surface area contributed by atoms with Crippen molar-refractivity contribution in [2.24, 2.45) is 0 Å². The van der Waals surface area contributed by atoms with Gasteiger partial charge in [-0.25, -0.2) is 13.1 Å². The largest absolute Gasteiger partial charge is 0.493 e. The molecule has 24 heavy (non-hydrogen) atoms. The number of hydrogen-bond donors (Lipinski definition) is 1. The number of nitrogens with zero attached hydrogens (tertiary/aromatic N) is 2. The second-order valence-corrected chi connectivity index (χ2v) is 8.04. The van der Waals surface area contributed by atoms with Gasteiger partial charge in [-0.3, -0.25) is 4.68 Å². The van der Waals surface area contributed by atoms with Crippen LogP contribution in [0.1, 0.15) is 49.3 Å². The molecule has 0 bridgehead atoms. The third-order valence-corrected chi connectivity index (χ3v) is 6.00. The topological polar surface area (TPSA) is 73.2 Å². The summed E-state index contributed by atoms with van der Waals surface area (Å²) in [5.41, 5.74) is 2.06. The van der Waals surface area contributed by atoms with Crippen LogP contribution in [0.5, 0.6) is 5.75 Å². The van der Waals surface area contributed by atoms with Crippen LogP contribution in [0.25, 0.3) is 0 Å². The molecule has 0 unspecified atom stereocenters. The molecule has 7 heteroatoms. The SMILES string of the molecule is Cc1nn(C(C)C)c(C)c1S(=O)(=O)N[C@@H]1CCOc2ccccc21. The van der Waals surface area contributed by atoms with Gasteiger partial charge in [-0.1, -0.05) is 18.2 Å². The Morgan fingerprint density at radius 3 is 2.67 bits per heavy atom. The highest BCUT2D eigenvalue weighted by molar-refractivity contribution is 7.89. The third kappa shape index (κ3) is 2.93. The number of hydrogen-bond acceptors (Lipinski definition) is 4. The van der Waals surface area contributed by atoms with E-state index in [1.807, 2.05) is 38.1 Å². The van der Waals surface area contributed by atoms with Gasteiger partial charge < -0.3 is 4.74 Å². The van der Waals surface area contributed by atoms with Crippen molar-refractivity contribution >= 4 is 10.0 Å². The van der Waals surface area contributed by atoms with Gasteiger partial charge in [0.15, 0.2) is 0 Å². The smallest absolute Gasteiger partial charge is 0.244 e. The Balaban J connectivity index is 1.97. The zero-order valence-corrected chi connectivity index (χ0v) is 15.2. The Bertz CT molecular complexity index is 856. The van der Waals surface area contributed by atoms with Gasteiger partial charge in [-0.05, 0) is 33.8 Å². The van der Waals surface area contributed by atoms with Crippen molar-refractivity contribution in [3.05, 3.63) is 41.2 Å². The first-order valence-electron chi connectivity index (χ1n) is 8.11. The molecule has 1 aromatic heterocycles. The summed E-state index contributed by atoms with van der Waals surface area (Å²) in [7, 11) is -3.67. The van der Waals surface area contributed by atoms with E-state index in [4.69, 9.17) is 4.74 Å². The van der Waals surface area contributed by atoms with Gasteiger partial charge in [-0.15, -0.1) is 0 Å². The number of sulfonamides is 1. The minimum atomic E-state index is -3.67. The normalized spacial score (nSPS) is 17.6. The van der Waals surface area contributed by atoms with Gasteiger partial charge >= 0.3 is 0 Å². The molecule has 1 aliphatic rings. The highest BCUT2D eigenvalue weighted by Gasteiger charge is 2.30. The molecule has 0 fully saturated rings. The minimum absolute atomic E-state index is 0.108. The molecule has 130 valence electrons. The number of fused-ring (bicyclic) bond motifs is 1. The predicted octanol–water partition coefficient (Wildman–Crippen LogP) is 2.88. The zero-order chi connectivity index (χ0) is 17.5. The van der Waals surface area contributed by atoms with Crippen molar-refractivity contribution in [2.75, 3.05) is 6.61 Å². The van der Waals surface area contributed by atoms with Crippen LogP contribution in [0.15, 0.2) is 29.2 Å². The Hall–Kier alpha value is -1.86. The lowest BCUT2D eigenvalue weighted by Gasteiger charge is -2.26. The standard InChI is InChI=1S/C17H23N3O3S/c1-11(2)20-13(4)17(12(3)18-20)24(21,22)19-15-9-10-23-16-8-6-5-7-14(15)16/h5-8,11,15,19H,9-10H2,1-4H3/t15-/m1/s1. The maximum atomic E-state index is 13.0. The highest BCUT2D eigenvalue weighted by Crippen LogP contribution is 2.33. The first-order valence-corrected chi connectivity index (χ1v) is 9.59. The molecule has 0 aliphatic carbocycles.